The Labute approximate surface area is 63.1 Å². The van der Waals surface area contributed by atoms with Crippen LogP contribution in [0.5, 0.6) is 0 Å². The quantitative estimate of drug-likeness (QED) is 0.642. The molecule has 0 bridgehead atoms. The van der Waals surface area contributed by atoms with Crippen LogP contribution in [0.1, 0.15) is 22.7 Å². The van der Waals surface area contributed by atoms with Gasteiger partial charge in [0.2, 0.25) is 0 Å². The Morgan fingerprint density at radius 2 is 2.70 bits per heavy atom. The highest BCUT2D eigenvalue weighted by atomic mass is 19.1. The SMILES string of the molecule is [2H]C([2H])([2H])[C@H](N)c1ncccc1F. The van der Waals surface area contributed by atoms with E-state index in [9.17, 15) is 4.39 Å². The number of rotatable bonds is 1. The monoisotopic (exact) mass is 143 g/mol. The Balaban J connectivity index is 3.02. The Hall–Kier alpha value is -0.960. The van der Waals surface area contributed by atoms with Crippen molar-refractivity contribution in [3.05, 3.63) is 29.8 Å². The molecule has 0 spiro atoms. The fraction of sp³-hybridized carbons (Fsp3) is 0.286. The van der Waals surface area contributed by atoms with Crippen LogP contribution < -0.4 is 5.73 Å². The summed E-state index contributed by atoms with van der Waals surface area (Å²) in [5.41, 5.74) is 5.09. The van der Waals surface area contributed by atoms with Gasteiger partial charge in [-0.05, 0) is 19.0 Å². The molecule has 0 amide bonds. The van der Waals surface area contributed by atoms with Gasteiger partial charge in [0.25, 0.3) is 0 Å². The second-order valence-corrected chi connectivity index (χ2v) is 1.85. The molecule has 0 aliphatic heterocycles. The molecule has 3 heteroatoms. The number of pyridine rings is 1. The summed E-state index contributed by atoms with van der Waals surface area (Å²) in [5, 5.41) is 0. The number of hydrogen-bond acceptors (Lipinski definition) is 2. The van der Waals surface area contributed by atoms with Crippen LogP contribution in [-0.2, 0) is 0 Å². The highest BCUT2D eigenvalue weighted by molar-refractivity contribution is 5.09. The van der Waals surface area contributed by atoms with Gasteiger partial charge in [-0.1, -0.05) is 0 Å². The van der Waals surface area contributed by atoms with Crippen LogP contribution >= 0.6 is 0 Å². The Bertz CT molecular complexity index is 300. The summed E-state index contributed by atoms with van der Waals surface area (Å²) in [6.07, 6.45) is 1.31. The first-order chi connectivity index (χ1) is 5.93. The molecule has 0 aromatic carbocycles. The van der Waals surface area contributed by atoms with Crippen LogP contribution in [-0.4, -0.2) is 4.98 Å². The maximum Gasteiger partial charge on any atom is 0.146 e. The van der Waals surface area contributed by atoms with E-state index >= 15 is 0 Å². The van der Waals surface area contributed by atoms with Crippen molar-refractivity contribution >= 4 is 0 Å². The standard InChI is InChI=1S/C7H9FN2/c1-5(9)7-6(8)3-2-4-10-7/h2-5H,9H2,1H3/t5-/m0/s1/i1D3. The van der Waals surface area contributed by atoms with Crippen LogP contribution in [0.2, 0.25) is 0 Å². The molecule has 0 saturated carbocycles. The van der Waals surface area contributed by atoms with E-state index in [1.54, 1.807) is 0 Å². The van der Waals surface area contributed by atoms with Crippen LogP contribution in [0.25, 0.3) is 0 Å². The van der Waals surface area contributed by atoms with E-state index in [-0.39, 0.29) is 5.69 Å². The first-order valence-electron chi connectivity index (χ1n) is 4.29. The average Bonchev–Trinajstić information content (AvgIpc) is 2.02. The Morgan fingerprint density at radius 1 is 1.90 bits per heavy atom. The Kier molecular flexibility index (Phi) is 1.11. The van der Waals surface area contributed by atoms with E-state index in [0.717, 1.165) is 6.07 Å². The fourth-order valence-electron chi connectivity index (χ4n) is 0.627. The minimum Gasteiger partial charge on any atom is -0.323 e. The van der Waals surface area contributed by atoms with Gasteiger partial charge < -0.3 is 5.73 Å². The molecule has 2 N–H and O–H groups in total. The van der Waals surface area contributed by atoms with Gasteiger partial charge in [0.1, 0.15) is 5.82 Å². The molecular formula is C7H9FN2. The van der Waals surface area contributed by atoms with Crippen molar-refractivity contribution in [2.45, 2.75) is 12.9 Å². The van der Waals surface area contributed by atoms with Gasteiger partial charge in [-0.3, -0.25) is 4.98 Å². The molecule has 0 unspecified atom stereocenters. The van der Waals surface area contributed by atoms with E-state index < -0.39 is 18.7 Å². The van der Waals surface area contributed by atoms with E-state index in [1.807, 2.05) is 0 Å². The molecule has 1 rings (SSSR count). The average molecular weight is 143 g/mol. The van der Waals surface area contributed by atoms with Gasteiger partial charge in [0.05, 0.1) is 5.69 Å². The third-order valence-electron chi connectivity index (χ3n) is 1.08. The third kappa shape index (κ3) is 1.30. The van der Waals surface area contributed by atoms with E-state index in [4.69, 9.17) is 9.85 Å². The lowest BCUT2D eigenvalue weighted by Crippen LogP contribution is -2.09. The van der Waals surface area contributed by atoms with Crippen molar-refractivity contribution in [2.24, 2.45) is 5.73 Å². The summed E-state index contributed by atoms with van der Waals surface area (Å²) in [4.78, 5) is 3.58. The topological polar surface area (TPSA) is 38.9 Å². The van der Waals surface area contributed by atoms with Crippen molar-refractivity contribution in [3.8, 4) is 0 Å². The van der Waals surface area contributed by atoms with Gasteiger partial charge in [-0.15, -0.1) is 0 Å². The normalized spacial score (nSPS) is 18.8. The fourth-order valence-corrected chi connectivity index (χ4v) is 0.627. The number of nitrogens with zero attached hydrogens (tertiary/aromatic N) is 1. The lowest BCUT2D eigenvalue weighted by atomic mass is 10.2. The van der Waals surface area contributed by atoms with Crippen LogP contribution in [0.3, 0.4) is 0 Å². The summed E-state index contributed by atoms with van der Waals surface area (Å²) in [6, 6.07) is 1.15. The largest absolute Gasteiger partial charge is 0.323 e. The van der Waals surface area contributed by atoms with Crippen molar-refractivity contribution in [2.75, 3.05) is 0 Å². The molecule has 0 saturated heterocycles. The molecule has 10 heavy (non-hydrogen) atoms. The minimum absolute atomic E-state index is 0.220. The molecule has 0 aliphatic rings. The molecule has 1 atom stereocenters. The second-order valence-electron chi connectivity index (χ2n) is 1.85. The van der Waals surface area contributed by atoms with Crippen molar-refractivity contribution in [1.29, 1.82) is 0 Å². The highest BCUT2D eigenvalue weighted by Crippen LogP contribution is 2.09. The molecule has 1 heterocycles. The molecule has 1 aromatic heterocycles. The zero-order valence-corrected chi connectivity index (χ0v) is 5.21. The van der Waals surface area contributed by atoms with Gasteiger partial charge >= 0.3 is 0 Å². The van der Waals surface area contributed by atoms with Crippen molar-refractivity contribution in [1.82, 2.24) is 4.98 Å². The second kappa shape index (κ2) is 2.75. The molecular weight excluding hydrogens is 131 g/mol. The Morgan fingerprint density at radius 3 is 3.30 bits per heavy atom. The predicted molar refractivity (Wildman–Crippen MR) is 36.8 cm³/mol. The molecule has 0 aliphatic carbocycles. The first-order valence-corrected chi connectivity index (χ1v) is 2.79. The smallest absolute Gasteiger partial charge is 0.146 e. The number of aromatic nitrogens is 1. The number of hydrogen-bond donors (Lipinski definition) is 1. The van der Waals surface area contributed by atoms with E-state index in [0.29, 0.717) is 0 Å². The highest BCUT2D eigenvalue weighted by Gasteiger charge is 2.05. The van der Waals surface area contributed by atoms with Crippen molar-refractivity contribution < 1.29 is 8.50 Å². The van der Waals surface area contributed by atoms with Gasteiger partial charge in [-0.25, -0.2) is 4.39 Å². The summed E-state index contributed by atoms with van der Waals surface area (Å²) in [7, 11) is 0. The maximum absolute atomic E-state index is 13.0. The number of nitrogens with two attached hydrogens (primary N) is 1. The van der Waals surface area contributed by atoms with Gasteiger partial charge in [-0.2, -0.15) is 0 Å². The predicted octanol–water partition coefficient (Wildman–Crippen LogP) is 1.24. The van der Waals surface area contributed by atoms with Crippen LogP contribution in [0.15, 0.2) is 18.3 Å². The number of halogens is 1. The first kappa shape index (κ1) is 4.03. The van der Waals surface area contributed by atoms with E-state index in [1.165, 1.54) is 12.3 Å². The summed E-state index contributed by atoms with van der Waals surface area (Å²) < 4.78 is 33.9. The minimum atomic E-state index is -2.42. The van der Waals surface area contributed by atoms with Gasteiger partial charge in [0, 0.05) is 16.4 Å². The summed E-state index contributed by atoms with van der Waals surface area (Å²) >= 11 is 0. The lowest BCUT2D eigenvalue weighted by molar-refractivity contribution is 0.579. The summed E-state index contributed by atoms with van der Waals surface area (Å²) in [5.74, 6) is -0.689. The molecule has 0 fully saturated rings. The zero-order valence-electron chi connectivity index (χ0n) is 8.21. The lowest BCUT2D eigenvalue weighted by Gasteiger charge is -2.03. The molecule has 2 nitrogen and oxygen atoms in total. The van der Waals surface area contributed by atoms with Crippen LogP contribution in [0, 0.1) is 5.82 Å². The molecule has 0 radical (unpaired) electrons. The van der Waals surface area contributed by atoms with Gasteiger partial charge in [0.15, 0.2) is 0 Å². The maximum atomic E-state index is 13.0. The summed E-state index contributed by atoms with van der Waals surface area (Å²) in [6.45, 7) is -2.42. The molecule has 54 valence electrons. The zero-order chi connectivity index (χ0) is 10.1. The third-order valence-corrected chi connectivity index (χ3v) is 1.08. The van der Waals surface area contributed by atoms with E-state index in [2.05, 4.69) is 4.98 Å². The molecule has 1 aromatic rings. The van der Waals surface area contributed by atoms with Crippen LogP contribution in [0.4, 0.5) is 4.39 Å². The van der Waals surface area contributed by atoms with Crippen molar-refractivity contribution in [3.63, 3.8) is 0 Å².